The number of carboxylic acid groups (broad SMARTS) is 1. The van der Waals surface area contributed by atoms with Crippen molar-refractivity contribution >= 4 is 11.8 Å². The van der Waals surface area contributed by atoms with E-state index in [1.807, 2.05) is 41.1 Å². The van der Waals surface area contributed by atoms with Gasteiger partial charge in [-0.2, -0.15) is 0 Å². The lowest BCUT2D eigenvalue weighted by molar-refractivity contribution is 0.0697. The third-order valence-corrected chi connectivity index (χ3v) is 5.51. The summed E-state index contributed by atoms with van der Waals surface area (Å²) >= 11 is 0. The molecule has 3 rings (SSSR count). The lowest BCUT2D eigenvalue weighted by Crippen LogP contribution is -2.07. The van der Waals surface area contributed by atoms with Crippen LogP contribution in [0.5, 0.6) is 0 Å². The molecular weight excluding hydrogens is 402 g/mol. The number of hydrogen-bond donors (Lipinski definition) is 1. The second-order valence-electron chi connectivity index (χ2n) is 8.03. The molecule has 2 aromatic carbocycles. The molecule has 1 heterocycles. The number of hydrogen-bond acceptors (Lipinski definition) is 4. The minimum absolute atomic E-state index is 0.00275. The van der Waals surface area contributed by atoms with Crippen molar-refractivity contribution in [2.24, 2.45) is 0 Å². The summed E-state index contributed by atoms with van der Waals surface area (Å²) in [4.78, 5) is 28.6. The summed E-state index contributed by atoms with van der Waals surface area (Å²) in [6.07, 6.45) is 6.08. The molecule has 0 fully saturated rings. The van der Waals surface area contributed by atoms with Gasteiger partial charge in [0.25, 0.3) is 0 Å². The lowest BCUT2D eigenvalue weighted by Gasteiger charge is -2.08. The summed E-state index contributed by atoms with van der Waals surface area (Å²) in [5.74, 6) is 0.171. The van der Waals surface area contributed by atoms with Gasteiger partial charge in [0.2, 0.25) is 11.6 Å². The molecule has 6 heteroatoms. The normalized spacial score (nSPS) is 10.9. The van der Waals surface area contributed by atoms with Gasteiger partial charge in [-0.1, -0.05) is 75.6 Å². The molecule has 0 saturated heterocycles. The smallest absolute Gasteiger partial charge is 0.336 e. The number of nitrogens with zero attached hydrogens (tertiary/aromatic N) is 3. The topological polar surface area (TPSA) is 85.1 Å². The van der Waals surface area contributed by atoms with Gasteiger partial charge in [0, 0.05) is 19.4 Å². The molecule has 0 aliphatic carbocycles. The van der Waals surface area contributed by atoms with Gasteiger partial charge in [0.1, 0.15) is 5.82 Å². The second-order valence-corrected chi connectivity index (χ2v) is 8.03. The van der Waals surface area contributed by atoms with Crippen LogP contribution < -0.4 is 0 Å². The molecular formula is C26H31N3O3. The number of benzene rings is 2. The van der Waals surface area contributed by atoms with Gasteiger partial charge in [0.05, 0.1) is 5.56 Å². The molecule has 3 aromatic rings. The molecule has 168 valence electrons. The summed E-state index contributed by atoms with van der Waals surface area (Å²) in [5, 5.41) is 14.0. The van der Waals surface area contributed by atoms with Crippen LogP contribution in [-0.2, 0) is 13.0 Å². The Balaban J connectivity index is 1.82. The Hall–Kier alpha value is -3.28. The third-order valence-electron chi connectivity index (χ3n) is 5.51. The first-order valence-electron chi connectivity index (χ1n) is 11.4. The average Bonchev–Trinajstić information content (AvgIpc) is 3.20. The van der Waals surface area contributed by atoms with Crippen LogP contribution >= 0.6 is 0 Å². The summed E-state index contributed by atoms with van der Waals surface area (Å²) < 4.78 is 1.88. The SMILES string of the molecule is CCCCCn1nc(C(=O)CCCC)nc1Cc1ccc(-c2ccccc2C(=O)O)cc1. The molecule has 0 saturated carbocycles. The predicted molar refractivity (Wildman–Crippen MR) is 125 cm³/mol. The van der Waals surface area contributed by atoms with Gasteiger partial charge in [-0.25, -0.2) is 14.5 Å². The van der Waals surface area contributed by atoms with Gasteiger partial charge in [0.15, 0.2) is 0 Å². The molecule has 6 nitrogen and oxygen atoms in total. The van der Waals surface area contributed by atoms with Crippen molar-refractivity contribution in [3.63, 3.8) is 0 Å². The number of aryl methyl sites for hydroxylation is 1. The maximum atomic E-state index is 12.5. The largest absolute Gasteiger partial charge is 0.478 e. The van der Waals surface area contributed by atoms with Crippen molar-refractivity contribution in [3.05, 3.63) is 71.3 Å². The summed E-state index contributed by atoms with van der Waals surface area (Å²) in [6, 6.07) is 14.8. The van der Waals surface area contributed by atoms with E-state index in [2.05, 4.69) is 23.9 Å². The Morgan fingerprint density at radius 3 is 2.34 bits per heavy atom. The van der Waals surface area contributed by atoms with Crippen LogP contribution in [0.4, 0.5) is 0 Å². The summed E-state index contributed by atoms with van der Waals surface area (Å²) in [7, 11) is 0. The van der Waals surface area contributed by atoms with Crippen molar-refractivity contribution in [1.29, 1.82) is 0 Å². The Morgan fingerprint density at radius 2 is 1.66 bits per heavy atom. The molecule has 0 amide bonds. The first kappa shape index (κ1) is 23.4. The standard InChI is InChI=1S/C26H31N3O3/c1-3-5-9-17-29-24(27-25(28-29)23(30)12-6-4-2)18-19-13-15-20(16-14-19)21-10-7-8-11-22(21)26(31)32/h7-8,10-11,13-16H,3-6,9,12,17-18H2,1-2H3,(H,31,32). The zero-order chi connectivity index (χ0) is 22.9. The lowest BCUT2D eigenvalue weighted by atomic mass is 9.98. The van der Waals surface area contributed by atoms with Crippen LogP contribution in [0.25, 0.3) is 11.1 Å². The molecule has 0 aliphatic heterocycles. The van der Waals surface area contributed by atoms with Crippen molar-refractivity contribution in [1.82, 2.24) is 14.8 Å². The number of aromatic nitrogens is 3. The quantitative estimate of drug-likeness (QED) is 0.288. The zero-order valence-electron chi connectivity index (χ0n) is 18.9. The second kappa shape index (κ2) is 11.4. The molecule has 1 aromatic heterocycles. The molecule has 32 heavy (non-hydrogen) atoms. The van der Waals surface area contributed by atoms with Gasteiger partial charge < -0.3 is 5.11 Å². The van der Waals surface area contributed by atoms with Crippen LogP contribution in [0.3, 0.4) is 0 Å². The molecule has 0 unspecified atom stereocenters. The Kier molecular flexibility index (Phi) is 8.31. The molecule has 0 radical (unpaired) electrons. The van der Waals surface area contributed by atoms with Crippen LogP contribution in [-0.4, -0.2) is 31.6 Å². The molecule has 1 N–H and O–H groups in total. The van der Waals surface area contributed by atoms with E-state index in [9.17, 15) is 14.7 Å². The van der Waals surface area contributed by atoms with Crippen molar-refractivity contribution in [2.75, 3.05) is 0 Å². The highest BCUT2D eigenvalue weighted by Gasteiger charge is 2.17. The highest BCUT2D eigenvalue weighted by atomic mass is 16.4. The maximum Gasteiger partial charge on any atom is 0.336 e. The van der Waals surface area contributed by atoms with Crippen molar-refractivity contribution in [2.45, 2.75) is 65.3 Å². The van der Waals surface area contributed by atoms with Crippen LogP contribution in [0.15, 0.2) is 48.5 Å². The van der Waals surface area contributed by atoms with Crippen LogP contribution in [0.1, 0.15) is 84.7 Å². The Labute approximate surface area is 189 Å². The molecule has 0 spiro atoms. The third kappa shape index (κ3) is 5.90. The first-order valence-corrected chi connectivity index (χ1v) is 11.4. The van der Waals surface area contributed by atoms with Crippen LogP contribution in [0.2, 0.25) is 0 Å². The van der Waals surface area contributed by atoms with Gasteiger partial charge in [-0.15, -0.1) is 5.10 Å². The van der Waals surface area contributed by atoms with Crippen molar-refractivity contribution in [3.8, 4) is 11.1 Å². The Morgan fingerprint density at radius 1 is 0.938 bits per heavy atom. The number of carbonyl (C=O) groups is 2. The van der Waals surface area contributed by atoms with Gasteiger partial charge in [-0.05, 0) is 35.6 Å². The average molecular weight is 434 g/mol. The minimum Gasteiger partial charge on any atom is -0.478 e. The van der Waals surface area contributed by atoms with E-state index >= 15 is 0 Å². The number of Topliss-reactive ketones (excluding diaryl/α,β-unsaturated/α-hetero) is 1. The fourth-order valence-corrected chi connectivity index (χ4v) is 3.67. The van der Waals surface area contributed by atoms with Gasteiger partial charge >= 0.3 is 5.97 Å². The minimum atomic E-state index is -0.940. The van der Waals surface area contributed by atoms with E-state index in [4.69, 9.17) is 0 Å². The van der Waals surface area contributed by atoms with Crippen LogP contribution in [0, 0.1) is 0 Å². The summed E-state index contributed by atoms with van der Waals surface area (Å²) in [5.41, 5.74) is 2.87. The Bertz CT molecular complexity index is 1050. The van der Waals surface area contributed by atoms with E-state index in [0.29, 0.717) is 24.2 Å². The number of unbranched alkanes of at least 4 members (excludes halogenated alkanes) is 3. The van der Waals surface area contributed by atoms with E-state index in [1.165, 1.54) is 0 Å². The van der Waals surface area contributed by atoms with E-state index < -0.39 is 5.97 Å². The highest BCUT2D eigenvalue weighted by molar-refractivity contribution is 5.96. The number of rotatable bonds is 12. The maximum absolute atomic E-state index is 12.5. The molecule has 0 aliphatic rings. The fourth-order valence-electron chi connectivity index (χ4n) is 3.67. The molecule has 0 bridgehead atoms. The monoisotopic (exact) mass is 433 g/mol. The van der Waals surface area contributed by atoms with Gasteiger partial charge in [-0.3, -0.25) is 4.79 Å². The predicted octanol–water partition coefficient (Wildman–Crippen LogP) is 5.80. The number of ketones is 1. The van der Waals surface area contributed by atoms with E-state index in [1.54, 1.807) is 12.1 Å². The van der Waals surface area contributed by atoms with Crippen molar-refractivity contribution < 1.29 is 14.7 Å². The number of carbonyl (C=O) groups excluding carboxylic acids is 1. The molecule has 0 atom stereocenters. The highest BCUT2D eigenvalue weighted by Crippen LogP contribution is 2.24. The first-order chi connectivity index (χ1) is 15.5. The fraction of sp³-hybridized carbons (Fsp3) is 0.385. The number of aromatic carboxylic acids is 1. The summed E-state index contributed by atoms with van der Waals surface area (Å²) in [6.45, 7) is 4.97. The van der Waals surface area contributed by atoms with E-state index in [-0.39, 0.29) is 11.3 Å². The zero-order valence-corrected chi connectivity index (χ0v) is 18.9. The van der Waals surface area contributed by atoms with E-state index in [0.717, 1.165) is 55.6 Å². The number of carboxylic acids is 1.